The zero-order chi connectivity index (χ0) is 15.0. The molecule has 0 amide bonds. The number of aromatic nitrogens is 3. The van der Waals surface area contributed by atoms with Crippen LogP contribution in [0.1, 0.15) is 24.0 Å². The van der Waals surface area contributed by atoms with Gasteiger partial charge in [-0.1, -0.05) is 6.92 Å². The number of imidazole rings is 1. The molecule has 0 saturated carbocycles. The van der Waals surface area contributed by atoms with Crippen LogP contribution in [0.5, 0.6) is 0 Å². The van der Waals surface area contributed by atoms with E-state index in [1.54, 1.807) is 23.5 Å². The number of nitrogens with two attached hydrogens (primary N) is 1. The van der Waals surface area contributed by atoms with Crippen LogP contribution in [0.25, 0.3) is 21.7 Å². The van der Waals surface area contributed by atoms with Gasteiger partial charge in [0.15, 0.2) is 5.82 Å². The molecule has 0 saturated heterocycles. The van der Waals surface area contributed by atoms with Crippen molar-refractivity contribution in [3.05, 3.63) is 34.7 Å². The fraction of sp³-hybridized carbons (Fsp3) is 0.333. The SMILES string of the molecule is CCCn1c(-c2sc(CN)nc2C)nc2ccc(F)cc21. The fourth-order valence-corrected chi connectivity index (χ4v) is 3.41. The first kappa shape index (κ1) is 14.2. The zero-order valence-corrected chi connectivity index (χ0v) is 12.9. The summed E-state index contributed by atoms with van der Waals surface area (Å²) in [6.07, 6.45) is 0.955. The maximum Gasteiger partial charge on any atom is 0.153 e. The second-order valence-corrected chi connectivity index (χ2v) is 6.03. The summed E-state index contributed by atoms with van der Waals surface area (Å²) in [7, 11) is 0. The lowest BCUT2D eigenvalue weighted by Gasteiger charge is -2.06. The van der Waals surface area contributed by atoms with Gasteiger partial charge >= 0.3 is 0 Å². The Balaban J connectivity index is 2.25. The predicted octanol–water partition coefficient (Wildman–Crippen LogP) is 3.48. The Morgan fingerprint density at radius 1 is 1.33 bits per heavy atom. The topological polar surface area (TPSA) is 56.7 Å². The van der Waals surface area contributed by atoms with Crippen LogP contribution < -0.4 is 5.73 Å². The van der Waals surface area contributed by atoms with E-state index in [9.17, 15) is 4.39 Å². The van der Waals surface area contributed by atoms with E-state index in [2.05, 4.69) is 21.5 Å². The van der Waals surface area contributed by atoms with Crippen LogP contribution in [0.3, 0.4) is 0 Å². The predicted molar refractivity (Wildman–Crippen MR) is 83.7 cm³/mol. The molecule has 0 aliphatic rings. The number of hydrogen-bond donors (Lipinski definition) is 1. The molecule has 0 radical (unpaired) electrons. The minimum absolute atomic E-state index is 0.241. The molecule has 0 bridgehead atoms. The average molecular weight is 304 g/mol. The largest absolute Gasteiger partial charge is 0.325 e. The quantitative estimate of drug-likeness (QED) is 0.803. The molecule has 21 heavy (non-hydrogen) atoms. The molecule has 0 spiro atoms. The van der Waals surface area contributed by atoms with Crippen molar-refractivity contribution in [1.29, 1.82) is 0 Å². The van der Waals surface area contributed by atoms with E-state index < -0.39 is 0 Å². The van der Waals surface area contributed by atoms with E-state index in [0.29, 0.717) is 6.54 Å². The van der Waals surface area contributed by atoms with E-state index in [0.717, 1.165) is 45.4 Å². The van der Waals surface area contributed by atoms with Gasteiger partial charge in [0, 0.05) is 13.1 Å². The molecule has 0 atom stereocenters. The van der Waals surface area contributed by atoms with Crippen LogP contribution in [-0.4, -0.2) is 14.5 Å². The molecule has 0 aliphatic carbocycles. The molecule has 3 rings (SSSR count). The van der Waals surface area contributed by atoms with Gasteiger partial charge < -0.3 is 10.3 Å². The standard InChI is InChI=1S/C15H17FN4S/c1-3-6-20-12-7-10(16)4-5-11(12)19-15(20)14-9(2)18-13(8-17)21-14/h4-5,7H,3,6,8,17H2,1-2H3. The van der Waals surface area contributed by atoms with Gasteiger partial charge in [0.2, 0.25) is 0 Å². The maximum atomic E-state index is 13.5. The van der Waals surface area contributed by atoms with Gasteiger partial charge in [-0.3, -0.25) is 0 Å². The first-order valence-electron chi connectivity index (χ1n) is 6.96. The monoisotopic (exact) mass is 304 g/mol. The molecule has 6 heteroatoms. The van der Waals surface area contributed by atoms with Gasteiger partial charge in [-0.2, -0.15) is 0 Å². The summed E-state index contributed by atoms with van der Waals surface area (Å²) < 4.78 is 15.6. The van der Waals surface area contributed by atoms with Crippen LogP contribution in [0.4, 0.5) is 4.39 Å². The molecule has 2 aromatic heterocycles. The summed E-state index contributed by atoms with van der Waals surface area (Å²) in [5.41, 5.74) is 8.23. The highest BCUT2D eigenvalue weighted by atomic mass is 32.1. The van der Waals surface area contributed by atoms with Crippen LogP contribution in [0.15, 0.2) is 18.2 Å². The Morgan fingerprint density at radius 2 is 2.14 bits per heavy atom. The lowest BCUT2D eigenvalue weighted by atomic mass is 10.3. The summed E-state index contributed by atoms with van der Waals surface area (Å²) in [6.45, 7) is 5.28. The number of thiazole rings is 1. The third-order valence-electron chi connectivity index (χ3n) is 3.38. The van der Waals surface area contributed by atoms with Crippen molar-refractivity contribution in [2.24, 2.45) is 5.73 Å². The average Bonchev–Trinajstić information content (AvgIpc) is 3.00. The molecule has 2 heterocycles. The Bertz CT molecular complexity index is 790. The fourth-order valence-electron chi connectivity index (χ4n) is 2.47. The lowest BCUT2D eigenvalue weighted by molar-refractivity contribution is 0.627. The molecular weight excluding hydrogens is 287 g/mol. The van der Waals surface area contributed by atoms with Crippen molar-refractivity contribution in [2.45, 2.75) is 33.4 Å². The molecular formula is C15H17FN4S. The minimum Gasteiger partial charge on any atom is -0.325 e. The van der Waals surface area contributed by atoms with Crippen molar-refractivity contribution in [3.8, 4) is 10.7 Å². The second-order valence-electron chi connectivity index (χ2n) is 4.95. The normalized spacial score (nSPS) is 11.4. The molecule has 3 aromatic rings. The zero-order valence-electron chi connectivity index (χ0n) is 12.1. The Hall–Kier alpha value is -1.79. The maximum absolute atomic E-state index is 13.5. The third-order valence-corrected chi connectivity index (χ3v) is 4.55. The van der Waals surface area contributed by atoms with Crippen LogP contribution in [0, 0.1) is 12.7 Å². The van der Waals surface area contributed by atoms with E-state index in [4.69, 9.17) is 5.73 Å². The van der Waals surface area contributed by atoms with Crippen LogP contribution in [0.2, 0.25) is 0 Å². The third kappa shape index (κ3) is 2.45. The summed E-state index contributed by atoms with van der Waals surface area (Å²) in [4.78, 5) is 10.2. The van der Waals surface area contributed by atoms with Crippen molar-refractivity contribution < 1.29 is 4.39 Å². The lowest BCUT2D eigenvalue weighted by Crippen LogP contribution is -1.99. The number of hydrogen-bond acceptors (Lipinski definition) is 4. The summed E-state index contributed by atoms with van der Waals surface area (Å²) in [5.74, 6) is 0.613. The van der Waals surface area contributed by atoms with Gasteiger partial charge in [-0.25, -0.2) is 14.4 Å². The second kappa shape index (κ2) is 5.54. The highest BCUT2D eigenvalue weighted by Gasteiger charge is 2.17. The first-order valence-corrected chi connectivity index (χ1v) is 7.78. The van der Waals surface area contributed by atoms with Gasteiger partial charge in [0.25, 0.3) is 0 Å². The number of rotatable bonds is 4. The molecule has 4 nitrogen and oxygen atoms in total. The van der Waals surface area contributed by atoms with Crippen LogP contribution >= 0.6 is 11.3 Å². The van der Waals surface area contributed by atoms with Gasteiger partial charge in [0.1, 0.15) is 10.8 Å². The summed E-state index contributed by atoms with van der Waals surface area (Å²) >= 11 is 1.56. The van der Waals surface area contributed by atoms with Crippen molar-refractivity contribution in [3.63, 3.8) is 0 Å². The molecule has 1 aromatic carbocycles. The van der Waals surface area contributed by atoms with Crippen molar-refractivity contribution in [1.82, 2.24) is 14.5 Å². The van der Waals surface area contributed by atoms with E-state index in [1.807, 2.05) is 6.92 Å². The summed E-state index contributed by atoms with van der Waals surface area (Å²) in [6, 6.07) is 4.71. The first-order chi connectivity index (χ1) is 10.1. The number of fused-ring (bicyclic) bond motifs is 1. The number of aryl methyl sites for hydroxylation is 2. The van der Waals surface area contributed by atoms with E-state index >= 15 is 0 Å². The van der Waals surface area contributed by atoms with E-state index in [-0.39, 0.29) is 5.82 Å². The molecule has 110 valence electrons. The molecule has 0 aliphatic heterocycles. The van der Waals surface area contributed by atoms with E-state index in [1.165, 1.54) is 6.07 Å². The molecule has 2 N–H and O–H groups in total. The van der Waals surface area contributed by atoms with Gasteiger partial charge in [-0.15, -0.1) is 11.3 Å². The highest BCUT2D eigenvalue weighted by molar-refractivity contribution is 7.15. The van der Waals surface area contributed by atoms with Crippen LogP contribution in [-0.2, 0) is 13.1 Å². The van der Waals surface area contributed by atoms with Gasteiger partial charge in [0.05, 0.1) is 21.6 Å². The van der Waals surface area contributed by atoms with Gasteiger partial charge in [-0.05, 0) is 31.5 Å². The Labute approximate surface area is 126 Å². The Morgan fingerprint density at radius 3 is 2.81 bits per heavy atom. The molecule has 0 fully saturated rings. The molecule has 0 unspecified atom stereocenters. The number of halogens is 1. The smallest absolute Gasteiger partial charge is 0.153 e. The van der Waals surface area contributed by atoms with Crippen molar-refractivity contribution in [2.75, 3.05) is 0 Å². The van der Waals surface area contributed by atoms with Crippen molar-refractivity contribution >= 4 is 22.4 Å². The summed E-state index contributed by atoms with van der Waals surface area (Å²) in [5, 5.41) is 0.892. The minimum atomic E-state index is -0.241. The number of benzene rings is 1. The highest BCUT2D eigenvalue weighted by Crippen LogP contribution is 2.32. The number of nitrogens with zero attached hydrogens (tertiary/aromatic N) is 3. The Kier molecular flexibility index (Phi) is 3.73.